The molecular weight excluding hydrogens is 172 g/mol. The molecule has 1 aliphatic rings. The highest BCUT2D eigenvalue weighted by Crippen LogP contribution is 2.35. The molecule has 1 aromatic heterocycles. The van der Waals surface area contributed by atoms with Crippen molar-refractivity contribution in [2.24, 2.45) is 11.7 Å². The van der Waals surface area contributed by atoms with Gasteiger partial charge in [0.15, 0.2) is 0 Å². The SMILES string of the molecule is Cc1cc(C(N)C2CCCC2)c(C)[nH]1. The van der Waals surface area contributed by atoms with Gasteiger partial charge in [-0.15, -0.1) is 0 Å². The summed E-state index contributed by atoms with van der Waals surface area (Å²) in [6.45, 7) is 4.22. The van der Waals surface area contributed by atoms with Crippen LogP contribution in [0.2, 0.25) is 0 Å². The molecule has 1 heterocycles. The van der Waals surface area contributed by atoms with E-state index in [1.807, 2.05) is 0 Å². The molecule has 0 radical (unpaired) electrons. The first-order valence-electron chi connectivity index (χ1n) is 5.60. The minimum absolute atomic E-state index is 0.252. The van der Waals surface area contributed by atoms with E-state index in [9.17, 15) is 0 Å². The summed E-state index contributed by atoms with van der Waals surface area (Å²) in [7, 11) is 0. The van der Waals surface area contributed by atoms with Gasteiger partial charge in [-0.05, 0) is 44.2 Å². The molecule has 14 heavy (non-hydrogen) atoms. The van der Waals surface area contributed by atoms with Crippen LogP contribution in [0, 0.1) is 19.8 Å². The van der Waals surface area contributed by atoms with Crippen molar-refractivity contribution < 1.29 is 0 Å². The van der Waals surface area contributed by atoms with Crippen molar-refractivity contribution in [3.8, 4) is 0 Å². The lowest BCUT2D eigenvalue weighted by Gasteiger charge is -2.18. The summed E-state index contributed by atoms with van der Waals surface area (Å²) in [5.74, 6) is 0.712. The molecular formula is C12H20N2. The first-order chi connectivity index (χ1) is 6.68. The lowest BCUT2D eigenvalue weighted by molar-refractivity contribution is 0.444. The van der Waals surface area contributed by atoms with Gasteiger partial charge >= 0.3 is 0 Å². The molecule has 1 aromatic rings. The largest absolute Gasteiger partial charge is 0.362 e. The van der Waals surface area contributed by atoms with Gasteiger partial charge in [0, 0.05) is 17.4 Å². The van der Waals surface area contributed by atoms with Gasteiger partial charge in [0.2, 0.25) is 0 Å². The predicted octanol–water partition coefficient (Wildman–Crippen LogP) is 2.82. The van der Waals surface area contributed by atoms with Crippen molar-refractivity contribution in [1.29, 1.82) is 0 Å². The molecule has 1 aliphatic carbocycles. The van der Waals surface area contributed by atoms with Crippen LogP contribution in [-0.2, 0) is 0 Å². The molecule has 3 N–H and O–H groups in total. The Labute approximate surface area is 85.9 Å². The number of nitrogens with two attached hydrogens (primary N) is 1. The Kier molecular flexibility index (Phi) is 2.64. The van der Waals surface area contributed by atoms with Gasteiger partial charge in [-0.3, -0.25) is 0 Å². The highest BCUT2D eigenvalue weighted by atomic mass is 14.8. The highest BCUT2D eigenvalue weighted by molar-refractivity contribution is 5.28. The number of aromatic nitrogens is 1. The lowest BCUT2D eigenvalue weighted by Crippen LogP contribution is -2.19. The molecule has 1 fully saturated rings. The second-order valence-corrected chi connectivity index (χ2v) is 4.60. The Morgan fingerprint density at radius 1 is 1.36 bits per heavy atom. The maximum absolute atomic E-state index is 6.29. The lowest BCUT2D eigenvalue weighted by atomic mass is 9.92. The molecule has 0 aromatic carbocycles. The second-order valence-electron chi connectivity index (χ2n) is 4.60. The number of H-pyrrole nitrogens is 1. The average Bonchev–Trinajstić information content (AvgIpc) is 2.73. The Morgan fingerprint density at radius 2 is 2.00 bits per heavy atom. The zero-order chi connectivity index (χ0) is 10.1. The van der Waals surface area contributed by atoms with Gasteiger partial charge < -0.3 is 10.7 Å². The molecule has 0 amide bonds. The summed E-state index contributed by atoms with van der Waals surface area (Å²) < 4.78 is 0. The van der Waals surface area contributed by atoms with E-state index in [0.717, 1.165) is 0 Å². The van der Waals surface area contributed by atoms with Crippen molar-refractivity contribution in [3.63, 3.8) is 0 Å². The third kappa shape index (κ3) is 1.71. The van der Waals surface area contributed by atoms with Crippen LogP contribution in [0.1, 0.15) is 48.7 Å². The third-order valence-electron chi connectivity index (χ3n) is 3.46. The minimum atomic E-state index is 0.252. The summed E-state index contributed by atoms with van der Waals surface area (Å²) in [6, 6.07) is 2.46. The number of hydrogen-bond donors (Lipinski definition) is 2. The van der Waals surface area contributed by atoms with Crippen LogP contribution in [-0.4, -0.2) is 4.98 Å². The van der Waals surface area contributed by atoms with Gasteiger partial charge in [0.25, 0.3) is 0 Å². The van der Waals surface area contributed by atoms with E-state index in [-0.39, 0.29) is 6.04 Å². The fourth-order valence-corrected chi connectivity index (χ4v) is 2.66. The van der Waals surface area contributed by atoms with Gasteiger partial charge in [0.1, 0.15) is 0 Å². The number of nitrogens with one attached hydrogen (secondary N) is 1. The fraction of sp³-hybridized carbons (Fsp3) is 0.667. The van der Waals surface area contributed by atoms with Crippen molar-refractivity contribution >= 4 is 0 Å². The van der Waals surface area contributed by atoms with Gasteiger partial charge in [-0.1, -0.05) is 12.8 Å². The van der Waals surface area contributed by atoms with Gasteiger partial charge in [-0.2, -0.15) is 0 Å². The average molecular weight is 192 g/mol. The Balaban J connectivity index is 2.17. The highest BCUT2D eigenvalue weighted by Gasteiger charge is 2.24. The molecule has 0 aliphatic heterocycles. The first-order valence-corrected chi connectivity index (χ1v) is 5.60. The molecule has 0 bridgehead atoms. The first kappa shape index (κ1) is 9.78. The number of hydrogen-bond acceptors (Lipinski definition) is 1. The second kappa shape index (κ2) is 3.77. The van der Waals surface area contributed by atoms with Crippen molar-refractivity contribution in [2.75, 3.05) is 0 Å². The summed E-state index contributed by atoms with van der Waals surface area (Å²) in [5.41, 5.74) is 10.1. The van der Waals surface area contributed by atoms with E-state index in [1.54, 1.807) is 0 Å². The number of aromatic amines is 1. The zero-order valence-corrected chi connectivity index (χ0v) is 9.14. The Hall–Kier alpha value is -0.760. The smallest absolute Gasteiger partial charge is 0.0341 e. The molecule has 2 nitrogen and oxygen atoms in total. The Morgan fingerprint density at radius 3 is 2.50 bits per heavy atom. The van der Waals surface area contributed by atoms with E-state index in [0.29, 0.717) is 5.92 Å². The van der Waals surface area contributed by atoms with Crippen LogP contribution in [0.3, 0.4) is 0 Å². The normalized spacial score (nSPS) is 20.2. The summed E-state index contributed by atoms with van der Waals surface area (Å²) in [6.07, 6.45) is 5.34. The maximum Gasteiger partial charge on any atom is 0.0341 e. The summed E-state index contributed by atoms with van der Waals surface area (Å²) in [5, 5.41) is 0. The molecule has 0 saturated heterocycles. The van der Waals surface area contributed by atoms with Crippen LogP contribution < -0.4 is 5.73 Å². The quantitative estimate of drug-likeness (QED) is 0.743. The Bertz CT molecular complexity index is 308. The minimum Gasteiger partial charge on any atom is -0.362 e. The standard InChI is InChI=1S/C12H20N2/c1-8-7-11(9(2)14-8)12(13)10-5-3-4-6-10/h7,10,12,14H,3-6,13H2,1-2H3. The van der Waals surface area contributed by atoms with Crippen LogP contribution >= 0.6 is 0 Å². The zero-order valence-electron chi connectivity index (χ0n) is 9.14. The van der Waals surface area contributed by atoms with E-state index in [1.165, 1.54) is 42.6 Å². The molecule has 1 unspecified atom stereocenters. The van der Waals surface area contributed by atoms with Crippen LogP contribution in [0.25, 0.3) is 0 Å². The van der Waals surface area contributed by atoms with Crippen molar-refractivity contribution in [2.45, 2.75) is 45.6 Å². The third-order valence-corrected chi connectivity index (χ3v) is 3.46. The summed E-state index contributed by atoms with van der Waals surface area (Å²) in [4.78, 5) is 3.33. The molecule has 78 valence electrons. The van der Waals surface area contributed by atoms with Crippen LogP contribution in [0.5, 0.6) is 0 Å². The molecule has 0 spiro atoms. The van der Waals surface area contributed by atoms with Crippen LogP contribution in [0.4, 0.5) is 0 Å². The number of rotatable bonds is 2. The fourth-order valence-electron chi connectivity index (χ4n) is 2.66. The molecule has 1 saturated carbocycles. The van der Waals surface area contributed by atoms with E-state index in [2.05, 4.69) is 24.9 Å². The van der Waals surface area contributed by atoms with Crippen molar-refractivity contribution in [3.05, 3.63) is 23.0 Å². The van der Waals surface area contributed by atoms with Gasteiger partial charge in [-0.25, -0.2) is 0 Å². The monoisotopic (exact) mass is 192 g/mol. The van der Waals surface area contributed by atoms with E-state index in [4.69, 9.17) is 5.73 Å². The van der Waals surface area contributed by atoms with E-state index >= 15 is 0 Å². The van der Waals surface area contributed by atoms with Gasteiger partial charge in [0.05, 0.1) is 0 Å². The topological polar surface area (TPSA) is 41.8 Å². The van der Waals surface area contributed by atoms with Crippen molar-refractivity contribution in [1.82, 2.24) is 4.98 Å². The van der Waals surface area contributed by atoms with Crippen LogP contribution in [0.15, 0.2) is 6.07 Å². The predicted molar refractivity (Wildman–Crippen MR) is 59.2 cm³/mol. The summed E-state index contributed by atoms with van der Waals surface area (Å²) >= 11 is 0. The van der Waals surface area contributed by atoms with E-state index < -0.39 is 0 Å². The molecule has 1 atom stereocenters. The molecule has 2 rings (SSSR count). The number of aryl methyl sites for hydroxylation is 2. The molecule has 2 heteroatoms. The maximum atomic E-state index is 6.29.